The van der Waals surface area contributed by atoms with Crippen molar-refractivity contribution in [3.8, 4) is 0 Å². The van der Waals surface area contributed by atoms with E-state index in [1.54, 1.807) is 6.92 Å². The Morgan fingerprint density at radius 2 is 1.90 bits per heavy atom. The summed E-state index contributed by atoms with van der Waals surface area (Å²) in [7, 11) is 0. The maximum atomic E-state index is 12.5. The molecular formula is C15H22F2N2O. The third-order valence-electron chi connectivity index (χ3n) is 3.28. The van der Waals surface area contributed by atoms with Gasteiger partial charge in [0.25, 0.3) is 6.43 Å². The van der Waals surface area contributed by atoms with E-state index in [1.165, 1.54) is 4.90 Å². The van der Waals surface area contributed by atoms with E-state index in [-0.39, 0.29) is 5.91 Å². The Balaban J connectivity index is 2.77. The molecule has 0 bridgehead atoms. The van der Waals surface area contributed by atoms with Crippen molar-refractivity contribution in [3.63, 3.8) is 0 Å². The first-order valence-corrected chi connectivity index (χ1v) is 6.84. The van der Waals surface area contributed by atoms with Crippen molar-refractivity contribution >= 4 is 5.91 Å². The number of halogens is 2. The SMILES string of the molecule is CCCN(CC(F)F)C(=O)C(C)C(N)c1ccccc1. The van der Waals surface area contributed by atoms with Gasteiger partial charge in [-0.15, -0.1) is 0 Å². The summed E-state index contributed by atoms with van der Waals surface area (Å²) >= 11 is 0. The highest BCUT2D eigenvalue weighted by atomic mass is 19.3. The van der Waals surface area contributed by atoms with E-state index in [4.69, 9.17) is 5.73 Å². The molecule has 0 aliphatic carbocycles. The summed E-state index contributed by atoms with van der Waals surface area (Å²) in [4.78, 5) is 13.5. The second-order valence-electron chi connectivity index (χ2n) is 4.90. The van der Waals surface area contributed by atoms with Crippen LogP contribution in [0.1, 0.15) is 31.9 Å². The van der Waals surface area contributed by atoms with Gasteiger partial charge in [-0.3, -0.25) is 4.79 Å². The molecule has 0 fully saturated rings. The van der Waals surface area contributed by atoms with Gasteiger partial charge < -0.3 is 10.6 Å². The van der Waals surface area contributed by atoms with Crippen molar-refractivity contribution in [1.82, 2.24) is 4.90 Å². The summed E-state index contributed by atoms with van der Waals surface area (Å²) in [6.07, 6.45) is -1.88. The first-order valence-electron chi connectivity index (χ1n) is 6.84. The fourth-order valence-corrected chi connectivity index (χ4v) is 2.13. The Kier molecular flexibility index (Phi) is 6.58. The summed E-state index contributed by atoms with van der Waals surface area (Å²) in [6, 6.07) is 8.74. The molecule has 0 aromatic heterocycles. The molecule has 3 nitrogen and oxygen atoms in total. The summed E-state index contributed by atoms with van der Waals surface area (Å²) in [5, 5.41) is 0. The van der Waals surface area contributed by atoms with Gasteiger partial charge in [0.2, 0.25) is 5.91 Å². The van der Waals surface area contributed by atoms with Crippen LogP contribution in [0.25, 0.3) is 0 Å². The molecule has 0 spiro atoms. The summed E-state index contributed by atoms with van der Waals surface area (Å²) < 4.78 is 25.1. The van der Waals surface area contributed by atoms with Gasteiger partial charge in [-0.25, -0.2) is 8.78 Å². The molecule has 0 heterocycles. The number of hydrogen-bond acceptors (Lipinski definition) is 2. The highest BCUT2D eigenvalue weighted by Gasteiger charge is 2.27. The predicted octanol–water partition coefficient (Wildman–Crippen LogP) is 2.83. The maximum absolute atomic E-state index is 12.5. The Bertz CT molecular complexity index is 412. The molecule has 1 rings (SSSR count). The van der Waals surface area contributed by atoms with Gasteiger partial charge in [0.1, 0.15) is 0 Å². The fraction of sp³-hybridized carbons (Fsp3) is 0.533. The van der Waals surface area contributed by atoms with E-state index in [2.05, 4.69) is 0 Å². The van der Waals surface area contributed by atoms with Crippen LogP contribution in [0.4, 0.5) is 8.78 Å². The Labute approximate surface area is 118 Å². The van der Waals surface area contributed by atoms with Crippen molar-refractivity contribution in [3.05, 3.63) is 35.9 Å². The molecule has 1 aromatic rings. The number of amides is 1. The van der Waals surface area contributed by atoms with Crippen molar-refractivity contribution in [2.45, 2.75) is 32.7 Å². The van der Waals surface area contributed by atoms with E-state index in [0.29, 0.717) is 13.0 Å². The number of rotatable bonds is 7. The van der Waals surface area contributed by atoms with Gasteiger partial charge >= 0.3 is 0 Å². The average molecular weight is 284 g/mol. The third kappa shape index (κ3) is 4.56. The zero-order chi connectivity index (χ0) is 15.1. The first-order chi connectivity index (χ1) is 9.47. The molecular weight excluding hydrogens is 262 g/mol. The lowest BCUT2D eigenvalue weighted by molar-refractivity contribution is -0.137. The van der Waals surface area contributed by atoms with Crippen molar-refractivity contribution in [2.24, 2.45) is 11.7 Å². The fourth-order valence-electron chi connectivity index (χ4n) is 2.13. The molecule has 112 valence electrons. The lowest BCUT2D eigenvalue weighted by Crippen LogP contribution is -2.42. The summed E-state index contributed by atoms with van der Waals surface area (Å²) in [5.74, 6) is -0.841. The standard InChI is InChI=1S/C15H22F2N2O/c1-3-9-19(10-13(16)17)15(20)11(2)14(18)12-7-5-4-6-8-12/h4-8,11,13-14H,3,9-10,18H2,1-2H3. The predicted molar refractivity (Wildman–Crippen MR) is 75.4 cm³/mol. The van der Waals surface area contributed by atoms with Gasteiger partial charge in [-0.05, 0) is 12.0 Å². The normalized spacial score (nSPS) is 14.1. The van der Waals surface area contributed by atoms with E-state index in [9.17, 15) is 13.6 Å². The Morgan fingerprint density at radius 3 is 2.40 bits per heavy atom. The van der Waals surface area contributed by atoms with Gasteiger partial charge in [0, 0.05) is 12.6 Å². The largest absolute Gasteiger partial charge is 0.337 e. The molecule has 1 aromatic carbocycles. The van der Waals surface area contributed by atoms with Crippen molar-refractivity contribution in [2.75, 3.05) is 13.1 Å². The van der Waals surface area contributed by atoms with E-state index in [0.717, 1.165) is 5.56 Å². The van der Waals surface area contributed by atoms with Crippen LogP contribution in [0.2, 0.25) is 0 Å². The summed E-state index contributed by atoms with van der Waals surface area (Å²) in [5.41, 5.74) is 6.90. The molecule has 5 heteroatoms. The highest BCUT2D eigenvalue weighted by Crippen LogP contribution is 2.21. The Morgan fingerprint density at radius 1 is 1.30 bits per heavy atom. The van der Waals surface area contributed by atoms with Gasteiger partial charge in [0.15, 0.2) is 0 Å². The third-order valence-corrected chi connectivity index (χ3v) is 3.28. The lowest BCUT2D eigenvalue weighted by Gasteiger charge is -2.28. The zero-order valence-electron chi connectivity index (χ0n) is 11.9. The lowest BCUT2D eigenvalue weighted by atomic mass is 9.94. The Hall–Kier alpha value is -1.49. The van der Waals surface area contributed by atoms with Crippen LogP contribution in [0.3, 0.4) is 0 Å². The highest BCUT2D eigenvalue weighted by molar-refractivity contribution is 5.79. The molecule has 0 aliphatic heterocycles. The average Bonchev–Trinajstić information content (AvgIpc) is 2.45. The number of benzene rings is 1. The first kappa shape index (κ1) is 16.6. The monoisotopic (exact) mass is 284 g/mol. The number of nitrogens with two attached hydrogens (primary N) is 1. The number of hydrogen-bond donors (Lipinski definition) is 1. The van der Waals surface area contributed by atoms with Crippen molar-refractivity contribution in [1.29, 1.82) is 0 Å². The van der Waals surface area contributed by atoms with Crippen molar-refractivity contribution < 1.29 is 13.6 Å². The molecule has 2 atom stereocenters. The molecule has 0 aliphatic rings. The molecule has 1 amide bonds. The van der Waals surface area contributed by atoms with E-state index < -0.39 is 24.9 Å². The zero-order valence-corrected chi connectivity index (χ0v) is 11.9. The minimum absolute atomic E-state index is 0.316. The smallest absolute Gasteiger partial charge is 0.255 e. The molecule has 0 saturated carbocycles. The van der Waals surface area contributed by atoms with Crippen LogP contribution >= 0.6 is 0 Å². The van der Waals surface area contributed by atoms with Crippen LogP contribution in [0.5, 0.6) is 0 Å². The minimum Gasteiger partial charge on any atom is -0.337 e. The minimum atomic E-state index is -2.52. The molecule has 2 N–H and O–H groups in total. The number of nitrogens with zero attached hydrogens (tertiary/aromatic N) is 1. The topological polar surface area (TPSA) is 46.3 Å². The van der Waals surface area contributed by atoms with Crippen LogP contribution in [-0.4, -0.2) is 30.3 Å². The quantitative estimate of drug-likeness (QED) is 0.837. The van der Waals surface area contributed by atoms with E-state index in [1.807, 2.05) is 37.3 Å². The molecule has 20 heavy (non-hydrogen) atoms. The van der Waals surface area contributed by atoms with Crippen LogP contribution < -0.4 is 5.73 Å². The second-order valence-corrected chi connectivity index (χ2v) is 4.90. The second kappa shape index (κ2) is 7.94. The molecule has 2 unspecified atom stereocenters. The van der Waals surface area contributed by atoms with Crippen LogP contribution in [0.15, 0.2) is 30.3 Å². The number of carbonyl (C=O) groups is 1. The molecule has 0 radical (unpaired) electrons. The number of alkyl halides is 2. The van der Waals surface area contributed by atoms with Gasteiger partial charge in [-0.2, -0.15) is 0 Å². The molecule has 0 saturated heterocycles. The maximum Gasteiger partial charge on any atom is 0.255 e. The van der Waals surface area contributed by atoms with Crippen LogP contribution in [0, 0.1) is 5.92 Å². The summed E-state index contributed by atoms with van der Waals surface area (Å²) in [6.45, 7) is 3.34. The van der Waals surface area contributed by atoms with Crippen LogP contribution in [-0.2, 0) is 4.79 Å². The van der Waals surface area contributed by atoms with E-state index >= 15 is 0 Å². The number of carbonyl (C=O) groups excluding carboxylic acids is 1. The van der Waals surface area contributed by atoms with Gasteiger partial charge in [0.05, 0.1) is 12.5 Å². The van der Waals surface area contributed by atoms with Gasteiger partial charge in [-0.1, -0.05) is 44.2 Å².